The zero-order chi connectivity index (χ0) is 30.7. The van der Waals surface area contributed by atoms with Crippen LogP contribution in [0, 0.1) is 6.92 Å². The van der Waals surface area contributed by atoms with Crippen LogP contribution in [0.5, 0.6) is 5.75 Å². The molecule has 0 aliphatic carbocycles. The summed E-state index contributed by atoms with van der Waals surface area (Å²) in [5, 5.41) is 0. The quantitative estimate of drug-likeness (QED) is 0.134. The van der Waals surface area contributed by atoms with Crippen molar-refractivity contribution < 1.29 is 22.7 Å². The Hall–Kier alpha value is -4.63. The van der Waals surface area contributed by atoms with E-state index in [4.69, 9.17) is 15.2 Å². The largest absolute Gasteiger partial charge is 0.496 e. The van der Waals surface area contributed by atoms with E-state index >= 15 is 0 Å². The first-order valence-electron chi connectivity index (χ1n) is 13.4. The average Bonchev–Trinajstić information content (AvgIpc) is 3.30. The van der Waals surface area contributed by atoms with Gasteiger partial charge >= 0.3 is 5.97 Å². The van der Waals surface area contributed by atoms with Gasteiger partial charge in [0.1, 0.15) is 11.4 Å². The van der Waals surface area contributed by atoms with Crippen LogP contribution in [0.1, 0.15) is 54.7 Å². The Morgan fingerprint density at radius 2 is 1.67 bits per heavy atom. The summed E-state index contributed by atoms with van der Waals surface area (Å²) in [5.41, 5.74) is 9.40. The molecule has 4 aromatic rings. The fraction of sp³-hybridized carbons (Fsp3) is 0.212. The van der Waals surface area contributed by atoms with Gasteiger partial charge < -0.3 is 15.2 Å². The summed E-state index contributed by atoms with van der Waals surface area (Å²) in [6.45, 7) is 8.98. The van der Waals surface area contributed by atoms with Crippen LogP contribution in [-0.4, -0.2) is 37.3 Å². The zero-order valence-electron chi connectivity index (χ0n) is 24.6. The predicted molar refractivity (Wildman–Crippen MR) is 169 cm³/mol. The Morgan fingerprint density at radius 3 is 2.31 bits per heavy atom. The predicted octanol–water partition coefficient (Wildman–Crippen LogP) is 7.14. The van der Waals surface area contributed by atoms with Crippen molar-refractivity contribution in [3.05, 3.63) is 95.2 Å². The van der Waals surface area contributed by atoms with Crippen molar-refractivity contribution >= 4 is 45.9 Å². The number of ether oxygens (including phenoxy) is 2. The summed E-state index contributed by atoms with van der Waals surface area (Å²) in [6.07, 6.45) is 6.66. The van der Waals surface area contributed by atoms with E-state index in [2.05, 4.69) is 4.99 Å². The number of hydrogen-bond donors (Lipinski definition) is 1. The molecule has 0 bridgehead atoms. The van der Waals surface area contributed by atoms with Crippen molar-refractivity contribution in [3.63, 3.8) is 0 Å². The van der Waals surface area contributed by atoms with E-state index in [-0.39, 0.29) is 16.3 Å². The van der Waals surface area contributed by atoms with Gasteiger partial charge in [0, 0.05) is 34.8 Å². The van der Waals surface area contributed by atoms with E-state index in [9.17, 15) is 13.2 Å². The van der Waals surface area contributed by atoms with Crippen molar-refractivity contribution in [1.82, 2.24) is 3.97 Å². The number of esters is 1. The second kappa shape index (κ2) is 12.1. The molecule has 0 saturated carbocycles. The number of rotatable bonds is 8. The normalized spacial score (nSPS) is 12.2. The number of nitrogens with zero attached hydrogens (tertiary/aromatic N) is 2. The lowest BCUT2D eigenvalue weighted by molar-refractivity contribution is 0.00707. The summed E-state index contributed by atoms with van der Waals surface area (Å²) < 4.78 is 40.1. The number of nitrogen functional groups attached to an aromatic ring is 1. The van der Waals surface area contributed by atoms with Gasteiger partial charge in [0.25, 0.3) is 10.0 Å². The number of nitrogens with two attached hydrogens (primary N) is 1. The molecule has 218 valence electrons. The van der Waals surface area contributed by atoms with Crippen molar-refractivity contribution in [1.29, 1.82) is 0 Å². The Kier molecular flexibility index (Phi) is 8.72. The lowest BCUT2D eigenvalue weighted by Gasteiger charge is -2.20. The van der Waals surface area contributed by atoms with Gasteiger partial charge in [-0.2, -0.15) is 0 Å². The minimum Gasteiger partial charge on any atom is -0.496 e. The van der Waals surface area contributed by atoms with Crippen molar-refractivity contribution in [2.45, 2.75) is 45.1 Å². The lowest BCUT2D eigenvalue weighted by atomic mass is 10.0. The third kappa shape index (κ3) is 6.47. The van der Waals surface area contributed by atoms with Gasteiger partial charge in [-0.1, -0.05) is 48.0 Å². The number of para-hydroxylation sites is 1. The van der Waals surface area contributed by atoms with Crippen molar-refractivity contribution in [2.75, 3.05) is 12.8 Å². The van der Waals surface area contributed by atoms with E-state index in [0.29, 0.717) is 33.7 Å². The van der Waals surface area contributed by atoms with E-state index in [0.717, 1.165) is 5.56 Å². The highest BCUT2D eigenvalue weighted by Crippen LogP contribution is 2.41. The first kappa shape index (κ1) is 30.3. The van der Waals surface area contributed by atoms with Gasteiger partial charge in [-0.15, -0.1) is 0 Å². The molecule has 1 heterocycles. The first-order valence-corrected chi connectivity index (χ1v) is 14.8. The number of carbonyl (C=O) groups is 1. The molecule has 0 amide bonds. The maximum absolute atomic E-state index is 13.9. The minimum atomic E-state index is -4.01. The second-order valence-corrected chi connectivity index (χ2v) is 12.5. The van der Waals surface area contributed by atoms with E-state index in [1.807, 2.05) is 31.2 Å². The Bertz CT molecular complexity index is 1780. The number of benzene rings is 3. The molecule has 0 saturated heterocycles. The molecule has 0 aliphatic rings. The highest BCUT2D eigenvalue weighted by Gasteiger charge is 2.26. The third-order valence-corrected chi connectivity index (χ3v) is 8.02. The molecule has 9 heteroatoms. The molecule has 0 aliphatic heterocycles. The third-order valence-electron chi connectivity index (χ3n) is 6.35. The van der Waals surface area contributed by atoms with Crippen LogP contribution < -0.4 is 10.5 Å². The molecule has 4 rings (SSSR count). The molecule has 8 nitrogen and oxygen atoms in total. The maximum atomic E-state index is 13.9. The topological polar surface area (TPSA) is 113 Å². The molecule has 0 spiro atoms. The van der Waals surface area contributed by atoms with Gasteiger partial charge in [-0.25, -0.2) is 22.2 Å². The fourth-order valence-electron chi connectivity index (χ4n) is 4.36. The molecule has 0 atom stereocenters. The highest BCUT2D eigenvalue weighted by molar-refractivity contribution is 7.90. The van der Waals surface area contributed by atoms with Gasteiger partial charge in [-0.05, 0) is 76.6 Å². The maximum Gasteiger partial charge on any atom is 0.340 e. The van der Waals surface area contributed by atoms with Crippen molar-refractivity contribution in [3.8, 4) is 16.9 Å². The Morgan fingerprint density at radius 1 is 0.976 bits per heavy atom. The Balaban J connectivity index is 1.93. The van der Waals surface area contributed by atoms with Gasteiger partial charge in [0.05, 0.1) is 17.6 Å². The molecule has 1 aromatic heterocycles. The molecule has 0 fully saturated rings. The van der Waals surface area contributed by atoms with E-state index in [1.54, 1.807) is 102 Å². The number of anilines is 1. The number of methoxy groups -OCH3 is 1. The number of aromatic nitrogens is 1. The summed E-state index contributed by atoms with van der Waals surface area (Å²) in [6, 6.07) is 19.1. The lowest BCUT2D eigenvalue weighted by Crippen LogP contribution is -2.24. The van der Waals surface area contributed by atoms with Crippen LogP contribution in [-0.2, 0) is 14.8 Å². The number of hydrogen-bond acceptors (Lipinski definition) is 7. The average molecular weight is 586 g/mol. The van der Waals surface area contributed by atoms with E-state index < -0.39 is 21.6 Å². The van der Waals surface area contributed by atoms with Crippen LogP contribution in [0.2, 0.25) is 0 Å². The first-order chi connectivity index (χ1) is 19.9. The molecule has 42 heavy (non-hydrogen) atoms. The smallest absolute Gasteiger partial charge is 0.340 e. The summed E-state index contributed by atoms with van der Waals surface area (Å²) in [5.74, 6) is 0.262. The van der Waals surface area contributed by atoms with Gasteiger partial charge in [-0.3, -0.25) is 0 Å². The second-order valence-electron chi connectivity index (χ2n) is 10.7. The Labute approximate surface area is 247 Å². The zero-order valence-corrected chi connectivity index (χ0v) is 25.4. The molecule has 3 aromatic carbocycles. The van der Waals surface area contributed by atoms with Crippen LogP contribution in [0.25, 0.3) is 23.3 Å². The number of aryl methyl sites for hydroxylation is 1. The molecule has 0 unspecified atom stereocenters. The van der Waals surface area contributed by atoms with Crippen molar-refractivity contribution in [2.24, 2.45) is 4.99 Å². The highest BCUT2D eigenvalue weighted by atomic mass is 32.2. The fourth-order valence-corrected chi connectivity index (χ4v) is 5.68. The summed E-state index contributed by atoms with van der Waals surface area (Å²) in [7, 11) is -2.45. The number of carbonyl (C=O) groups excluding carboxylic acids is 1. The number of aliphatic imine (C=N–C) groups is 1. The van der Waals surface area contributed by atoms with Gasteiger partial charge in [0.15, 0.2) is 5.82 Å². The standard InChI is InChI=1S/C33H35N3O5S/c1-7-35-31-26(18-14-23-15-19-29(34)27(20-23)32(37)41-33(3,4)5)28(25-10-8-9-11-30(25)40-6)21-36(31)42(38,39)24-16-12-22(2)13-17-24/h7-21H,34H2,1-6H3/b18-14+,35-7-. The SMILES string of the molecule is C/C=N\c1c(/C=C/c2ccc(N)c(C(=O)OC(C)(C)C)c2)c(-c2ccccc2OC)cn1S(=O)(=O)c1ccc(C)cc1. The minimum absolute atomic E-state index is 0.137. The van der Waals surface area contributed by atoms with Gasteiger partial charge in [0.2, 0.25) is 0 Å². The summed E-state index contributed by atoms with van der Waals surface area (Å²) >= 11 is 0. The van der Waals surface area contributed by atoms with Crippen LogP contribution in [0.4, 0.5) is 11.5 Å². The molecular weight excluding hydrogens is 550 g/mol. The van der Waals surface area contributed by atoms with Crippen LogP contribution in [0.3, 0.4) is 0 Å². The molecule has 0 radical (unpaired) electrons. The van der Waals surface area contributed by atoms with E-state index in [1.165, 1.54) is 3.97 Å². The molecule has 2 N–H and O–H groups in total. The monoisotopic (exact) mass is 585 g/mol. The molecular formula is C33H35N3O5S. The summed E-state index contributed by atoms with van der Waals surface area (Å²) in [4.78, 5) is 17.4. The van der Waals surface area contributed by atoms with Crippen LogP contribution >= 0.6 is 0 Å². The van der Waals surface area contributed by atoms with Crippen LogP contribution in [0.15, 0.2) is 82.8 Å².